The van der Waals surface area contributed by atoms with Crippen molar-refractivity contribution >= 4 is 11.6 Å². The summed E-state index contributed by atoms with van der Waals surface area (Å²) in [5, 5.41) is 9.12. The van der Waals surface area contributed by atoms with Crippen LogP contribution in [0.2, 0.25) is 5.02 Å². The fourth-order valence-electron chi connectivity index (χ4n) is 2.29. The molecule has 1 heterocycles. The summed E-state index contributed by atoms with van der Waals surface area (Å²) in [5.74, 6) is 0. The molecule has 1 aromatic heterocycles. The largest absolute Gasteiger partial charge is 0.325 e. The van der Waals surface area contributed by atoms with Gasteiger partial charge in [0.2, 0.25) is 0 Å². The molecule has 0 atom stereocenters. The molecule has 4 nitrogen and oxygen atoms in total. The van der Waals surface area contributed by atoms with Crippen LogP contribution in [0.5, 0.6) is 0 Å². The zero-order valence-corrected chi connectivity index (χ0v) is 12.4. The van der Waals surface area contributed by atoms with Crippen LogP contribution in [0.4, 0.5) is 0 Å². The van der Waals surface area contributed by atoms with Crippen LogP contribution in [0.25, 0.3) is 16.9 Å². The van der Waals surface area contributed by atoms with Crippen LogP contribution in [0.1, 0.15) is 11.3 Å². The van der Waals surface area contributed by atoms with Crippen molar-refractivity contribution in [1.82, 2.24) is 15.0 Å². The van der Waals surface area contributed by atoms with Crippen LogP contribution in [-0.2, 0) is 6.54 Å². The molecule has 0 fully saturated rings. The number of benzene rings is 2. The van der Waals surface area contributed by atoms with Crippen molar-refractivity contribution in [2.75, 3.05) is 0 Å². The molecule has 2 N–H and O–H groups in total. The van der Waals surface area contributed by atoms with E-state index in [0.717, 1.165) is 22.6 Å². The van der Waals surface area contributed by atoms with Crippen molar-refractivity contribution in [3.05, 3.63) is 64.8 Å². The summed E-state index contributed by atoms with van der Waals surface area (Å²) >= 11 is 5.94. The summed E-state index contributed by atoms with van der Waals surface area (Å²) in [6, 6.07) is 15.7. The van der Waals surface area contributed by atoms with Gasteiger partial charge in [0, 0.05) is 17.1 Å². The minimum Gasteiger partial charge on any atom is -0.325 e. The van der Waals surface area contributed by atoms with E-state index < -0.39 is 0 Å². The fraction of sp³-hybridized carbons (Fsp3) is 0.125. The zero-order valence-electron chi connectivity index (χ0n) is 11.6. The third kappa shape index (κ3) is 2.68. The zero-order chi connectivity index (χ0) is 14.8. The lowest BCUT2D eigenvalue weighted by Crippen LogP contribution is -2.02. The standard InChI is InChI=1S/C16H15ClN4/c1-11-3-2-4-12(9-11)16-15(10-18)19-20-21(16)14-7-5-13(17)6-8-14/h2-9H,10,18H2,1H3. The highest BCUT2D eigenvalue weighted by atomic mass is 35.5. The molecular weight excluding hydrogens is 284 g/mol. The Hall–Kier alpha value is -2.17. The topological polar surface area (TPSA) is 56.7 Å². The average Bonchev–Trinajstić information content (AvgIpc) is 2.92. The van der Waals surface area contributed by atoms with E-state index in [9.17, 15) is 0 Å². The maximum absolute atomic E-state index is 5.94. The second-order valence-corrected chi connectivity index (χ2v) is 5.28. The van der Waals surface area contributed by atoms with Crippen molar-refractivity contribution in [2.24, 2.45) is 5.73 Å². The number of aromatic nitrogens is 3. The first-order valence-corrected chi connectivity index (χ1v) is 7.04. The Morgan fingerprint density at radius 3 is 2.57 bits per heavy atom. The molecule has 0 spiro atoms. The third-order valence-corrected chi connectivity index (χ3v) is 3.55. The van der Waals surface area contributed by atoms with Gasteiger partial charge < -0.3 is 5.73 Å². The molecule has 106 valence electrons. The quantitative estimate of drug-likeness (QED) is 0.806. The van der Waals surface area contributed by atoms with Crippen molar-refractivity contribution in [3.63, 3.8) is 0 Å². The van der Waals surface area contributed by atoms with Crippen LogP contribution >= 0.6 is 11.6 Å². The summed E-state index contributed by atoms with van der Waals surface area (Å²) in [6.45, 7) is 2.40. The van der Waals surface area contributed by atoms with Gasteiger partial charge in [-0.3, -0.25) is 0 Å². The molecular formula is C16H15ClN4. The SMILES string of the molecule is Cc1cccc(-c2c(CN)nnn2-c2ccc(Cl)cc2)c1. The molecule has 0 aliphatic rings. The molecule has 2 aromatic carbocycles. The van der Waals surface area contributed by atoms with E-state index in [-0.39, 0.29) is 0 Å². The second-order valence-electron chi connectivity index (χ2n) is 4.85. The Kier molecular flexibility index (Phi) is 3.73. The third-order valence-electron chi connectivity index (χ3n) is 3.30. The maximum Gasteiger partial charge on any atom is 0.105 e. The van der Waals surface area contributed by atoms with Crippen molar-refractivity contribution < 1.29 is 0 Å². The molecule has 0 radical (unpaired) electrons. The molecule has 0 amide bonds. The first kappa shape index (κ1) is 13.8. The Balaban J connectivity index is 2.19. The highest BCUT2D eigenvalue weighted by Gasteiger charge is 2.15. The molecule has 3 aromatic rings. The lowest BCUT2D eigenvalue weighted by Gasteiger charge is -2.08. The molecule has 3 rings (SSSR count). The second kappa shape index (κ2) is 5.68. The lowest BCUT2D eigenvalue weighted by atomic mass is 10.1. The van der Waals surface area contributed by atoms with Gasteiger partial charge in [-0.05, 0) is 37.3 Å². The molecule has 21 heavy (non-hydrogen) atoms. The van der Waals surface area contributed by atoms with E-state index in [1.165, 1.54) is 5.56 Å². The average molecular weight is 299 g/mol. The van der Waals surface area contributed by atoms with E-state index in [4.69, 9.17) is 17.3 Å². The number of hydrogen-bond acceptors (Lipinski definition) is 3. The summed E-state index contributed by atoms with van der Waals surface area (Å²) < 4.78 is 1.80. The Morgan fingerprint density at radius 1 is 1.14 bits per heavy atom. The van der Waals surface area contributed by atoms with Crippen molar-refractivity contribution in [3.8, 4) is 16.9 Å². The van der Waals surface area contributed by atoms with E-state index in [0.29, 0.717) is 11.6 Å². The van der Waals surface area contributed by atoms with Crippen molar-refractivity contribution in [2.45, 2.75) is 13.5 Å². The van der Waals surface area contributed by atoms with Crippen LogP contribution in [0, 0.1) is 6.92 Å². The van der Waals surface area contributed by atoms with Gasteiger partial charge in [-0.25, -0.2) is 4.68 Å². The summed E-state index contributed by atoms with van der Waals surface area (Å²) in [5.41, 5.74) is 10.6. The minimum absolute atomic E-state index is 0.344. The Morgan fingerprint density at radius 2 is 1.90 bits per heavy atom. The van der Waals surface area contributed by atoms with Gasteiger partial charge in [-0.2, -0.15) is 0 Å². The summed E-state index contributed by atoms with van der Waals surface area (Å²) in [4.78, 5) is 0. The predicted octanol–water partition coefficient (Wildman–Crippen LogP) is 3.35. The molecule has 0 aliphatic carbocycles. The van der Waals surface area contributed by atoms with Crippen LogP contribution in [0.3, 0.4) is 0 Å². The minimum atomic E-state index is 0.344. The number of nitrogens with zero attached hydrogens (tertiary/aromatic N) is 3. The number of nitrogens with two attached hydrogens (primary N) is 1. The summed E-state index contributed by atoms with van der Waals surface area (Å²) in [6.07, 6.45) is 0. The van der Waals surface area contributed by atoms with Gasteiger partial charge in [0.1, 0.15) is 5.69 Å². The van der Waals surface area contributed by atoms with Gasteiger partial charge in [0.25, 0.3) is 0 Å². The first-order chi connectivity index (χ1) is 10.2. The molecule has 0 saturated carbocycles. The predicted molar refractivity (Wildman–Crippen MR) is 84.4 cm³/mol. The molecule has 0 saturated heterocycles. The smallest absolute Gasteiger partial charge is 0.105 e. The number of rotatable bonds is 3. The Labute approximate surface area is 128 Å². The number of aryl methyl sites for hydroxylation is 1. The van der Waals surface area contributed by atoms with Crippen LogP contribution in [-0.4, -0.2) is 15.0 Å². The van der Waals surface area contributed by atoms with Crippen LogP contribution < -0.4 is 5.73 Å². The van der Waals surface area contributed by atoms with E-state index in [1.807, 2.05) is 36.4 Å². The van der Waals surface area contributed by atoms with E-state index >= 15 is 0 Å². The van der Waals surface area contributed by atoms with Crippen molar-refractivity contribution in [1.29, 1.82) is 0 Å². The first-order valence-electron chi connectivity index (χ1n) is 6.66. The molecule has 5 heteroatoms. The number of hydrogen-bond donors (Lipinski definition) is 1. The van der Waals surface area contributed by atoms with Gasteiger partial charge >= 0.3 is 0 Å². The lowest BCUT2D eigenvalue weighted by molar-refractivity contribution is 0.800. The monoisotopic (exact) mass is 298 g/mol. The number of halogens is 1. The molecule has 0 bridgehead atoms. The van der Waals surface area contributed by atoms with Gasteiger partial charge in [0.05, 0.1) is 11.4 Å². The van der Waals surface area contributed by atoms with E-state index in [1.54, 1.807) is 4.68 Å². The van der Waals surface area contributed by atoms with Gasteiger partial charge in [-0.1, -0.05) is 40.6 Å². The highest BCUT2D eigenvalue weighted by molar-refractivity contribution is 6.30. The van der Waals surface area contributed by atoms with Crippen LogP contribution in [0.15, 0.2) is 48.5 Å². The summed E-state index contributed by atoms with van der Waals surface area (Å²) in [7, 11) is 0. The van der Waals surface area contributed by atoms with E-state index in [2.05, 4.69) is 29.4 Å². The highest BCUT2D eigenvalue weighted by Crippen LogP contribution is 2.26. The van der Waals surface area contributed by atoms with Gasteiger partial charge in [0.15, 0.2) is 0 Å². The normalized spacial score (nSPS) is 10.8. The Bertz CT molecular complexity index is 762. The maximum atomic E-state index is 5.94. The fourth-order valence-corrected chi connectivity index (χ4v) is 2.42. The molecule has 0 aliphatic heterocycles. The van der Waals surface area contributed by atoms with Gasteiger partial charge in [-0.15, -0.1) is 5.10 Å². The molecule has 0 unspecified atom stereocenters.